The van der Waals surface area contributed by atoms with Gasteiger partial charge in [0.05, 0.1) is 0 Å². The van der Waals surface area contributed by atoms with Gasteiger partial charge in [0, 0.05) is 24.2 Å². The summed E-state index contributed by atoms with van der Waals surface area (Å²) in [6, 6.07) is 0. The Morgan fingerprint density at radius 2 is 0.769 bits per heavy atom. The van der Waals surface area contributed by atoms with E-state index in [2.05, 4.69) is 92.9 Å². The van der Waals surface area contributed by atoms with Crippen molar-refractivity contribution in [2.45, 2.75) is 107 Å². The fraction of sp³-hybridized carbons (Fsp3) is 1.00. The highest BCUT2D eigenvalue weighted by molar-refractivity contribution is 4.90. The fourth-order valence-electron chi connectivity index (χ4n) is 4.15. The lowest BCUT2D eigenvalue weighted by Gasteiger charge is -2.33. The second-order valence-electron chi connectivity index (χ2n) is 12.9. The fourth-order valence-corrected chi connectivity index (χ4v) is 4.15. The van der Waals surface area contributed by atoms with Gasteiger partial charge in [-0.25, -0.2) is 0 Å². The van der Waals surface area contributed by atoms with Crippen LogP contribution in [-0.4, -0.2) is 47.1 Å². The van der Waals surface area contributed by atoms with E-state index in [1.807, 2.05) is 0 Å². The van der Waals surface area contributed by atoms with Crippen molar-refractivity contribution in [2.24, 2.45) is 22.7 Å². The van der Waals surface area contributed by atoms with Crippen LogP contribution in [0, 0.1) is 22.7 Å². The number of nitrogens with zero attached hydrogens (tertiary/aromatic N) is 2. The van der Waals surface area contributed by atoms with E-state index in [0.29, 0.717) is 21.9 Å². The maximum Gasteiger partial charge on any atom is 0.0125 e. The molecule has 2 heteroatoms. The van der Waals surface area contributed by atoms with Crippen molar-refractivity contribution in [1.29, 1.82) is 0 Å². The van der Waals surface area contributed by atoms with Gasteiger partial charge in [-0.2, -0.15) is 0 Å². The molecule has 2 nitrogen and oxygen atoms in total. The van der Waals surface area contributed by atoms with Crippen molar-refractivity contribution in [2.75, 3.05) is 26.2 Å². The van der Waals surface area contributed by atoms with Gasteiger partial charge in [-0.05, 0) is 90.1 Å². The first-order valence-electron chi connectivity index (χ1n) is 10.9. The Hall–Kier alpha value is -0.0800. The Morgan fingerprint density at radius 1 is 0.500 bits per heavy atom. The summed E-state index contributed by atoms with van der Waals surface area (Å²) in [5, 5.41) is 0. The highest BCUT2D eigenvalue weighted by Gasteiger charge is 2.36. The Labute approximate surface area is 166 Å². The van der Waals surface area contributed by atoms with Crippen LogP contribution in [0.5, 0.6) is 0 Å². The molecule has 2 saturated heterocycles. The van der Waals surface area contributed by atoms with Crippen molar-refractivity contribution < 1.29 is 0 Å². The van der Waals surface area contributed by atoms with Crippen LogP contribution in [0.1, 0.15) is 95.9 Å². The first-order chi connectivity index (χ1) is 11.4. The Kier molecular flexibility index (Phi) is 7.48. The van der Waals surface area contributed by atoms with Crippen LogP contribution in [0.25, 0.3) is 0 Å². The second-order valence-corrected chi connectivity index (χ2v) is 12.9. The van der Waals surface area contributed by atoms with Crippen molar-refractivity contribution >= 4 is 0 Å². The smallest absolute Gasteiger partial charge is 0.0125 e. The van der Waals surface area contributed by atoms with Gasteiger partial charge in [0.1, 0.15) is 0 Å². The molecule has 0 radical (unpaired) electrons. The van der Waals surface area contributed by atoms with Gasteiger partial charge in [0.15, 0.2) is 0 Å². The number of rotatable bonds is 0. The summed E-state index contributed by atoms with van der Waals surface area (Å²) in [5.74, 6) is 1.76. The minimum Gasteiger partial charge on any atom is -0.298 e. The van der Waals surface area contributed by atoms with Crippen LogP contribution in [-0.2, 0) is 0 Å². The predicted octanol–water partition coefficient (Wildman–Crippen LogP) is 6.31. The highest BCUT2D eigenvalue weighted by Crippen LogP contribution is 2.37. The molecule has 0 aliphatic carbocycles. The van der Waals surface area contributed by atoms with Crippen molar-refractivity contribution in [3.05, 3.63) is 0 Å². The molecule has 0 aromatic rings. The molecule has 2 aliphatic heterocycles. The van der Waals surface area contributed by atoms with Gasteiger partial charge in [0.25, 0.3) is 0 Å². The van der Waals surface area contributed by atoms with E-state index in [1.54, 1.807) is 0 Å². The Balaban J connectivity index is 0.000000260. The second kappa shape index (κ2) is 8.11. The van der Waals surface area contributed by atoms with Gasteiger partial charge < -0.3 is 0 Å². The summed E-state index contributed by atoms with van der Waals surface area (Å²) in [6.07, 6.45) is 2.75. The quantitative estimate of drug-likeness (QED) is 0.496. The molecular weight excluding hydrogens is 316 g/mol. The van der Waals surface area contributed by atoms with E-state index in [1.165, 1.54) is 39.0 Å². The molecule has 2 fully saturated rings. The Morgan fingerprint density at radius 3 is 0.885 bits per heavy atom. The molecule has 0 aromatic carbocycles. The van der Waals surface area contributed by atoms with Gasteiger partial charge in [-0.3, -0.25) is 9.80 Å². The third-order valence-corrected chi connectivity index (χ3v) is 6.72. The molecule has 2 rings (SSSR count). The summed E-state index contributed by atoms with van der Waals surface area (Å²) in [6.45, 7) is 33.2. The van der Waals surface area contributed by atoms with E-state index in [0.717, 1.165) is 11.8 Å². The largest absolute Gasteiger partial charge is 0.298 e. The summed E-state index contributed by atoms with van der Waals surface area (Å²) < 4.78 is 0. The van der Waals surface area contributed by atoms with Crippen LogP contribution in [0.4, 0.5) is 0 Å². The first kappa shape index (κ1) is 24.0. The first-order valence-corrected chi connectivity index (χ1v) is 10.9. The number of hydrogen-bond donors (Lipinski definition) is 0. The van der Waals surface area contributed by atoms with Crippen LogP contribution >= 0.6 is 0 Å². The van der Waals surface area contributed by atoms with Crippen LogP contribution in [0.15, 0.2) is 0 Å². The van der Waals surface area contributed by atoms with Gasteiger partial charge >= 0.3 is 0 Å². The molecule has 2 aliphatic rings. The van der Waals surface area contributed by atoms with Crippen molar-refractivity contribution in [3.8, 4) is 0 Å². The molecule has 0 spiro atoms. The van der Waals surface area contributed by atoms with Crippen molar-refractivity contribution in [3.63, 3.8) is 0 Å². The van der Waals surface area contributed by atoms with E-state index >= 15 is 0 Å². The SMILES string of the molecule is CC(C)(C)C1CCN(C(C)(C)C)C1.CC(C)(C)C1CCN(C(C)(C)C)C1. The molecule has 2 heterocycles. The van der Waals surface area contributed by atoms with Crippen LogP contribution < -0.4 is 0 Å². The van der Waals surface area contributed by atoms with Gasteiger partial charge in [-0.15, -0.1) is 0 Å². The molecule has 26 heavy (non-hydrogen) atoms. The number of hydrogen-bond acceptors (Lipinski definition) is 2. The average Bonchev–Trinajstić information content (AvgIpc) is 3.06. The van der Waals surface area contributed by atoms with Gasteiger partial charge in [-0.1, -0.05) is 41.5 Å². The van der Waals surface area contributed by atoms with Crippen LogP contribution in [0.2, 0.25) is 0 Å². The lowest BCUT2D eigenvalue weighted by atomic mass is 9.80. The molecular formula is C24H50N2. The third-order valence-electron chi connectivity index (χ3n) is 6.72. The maximum absolute atomic E-state index is 2.61. The normalized spacial score (nSPS) is 26.8. The molecule has 0 aromatic heterocycles. The Bertz CT molecular complexity index is 343. The van der Waals surface area contributed by atoms with E-state index < -0.39 is 0 Å². The van der Waals surface area contributed by atoms with E-state index in [-0.39, 0.29) is 0 Å². The molecule has 156 valence electrons. The number of likely N-dealkylation sites (tertiary alicyclic amines) is 2. The van der Waals surface area contributed by atoms with Crippen LogP contribution in [0.3, 0.4) is 0 Å². The molecule has 2 atom stereocenters. The minimum absolute atomic E-state index is 0.361. The van der Waals surface area contributed by atoms with E-state index in [4.69, 9.17) is 0 Å². The average molecular weight is 367 g/mol. The molecule has 0 amide bonds. The minimum atomic E-state index is 0.361. The topological polar surface area (TPSA) is 6.48 Å². The lowest BCUT2D eigenvalue weighted by Crippen LogP contribution is -2.40. The third kappa shape index (κ3) is 7.15. The molecule has 0 saturated carbocycles. The zero-order chi connectivity index (χ0) is 20.6. The van der Waals surface area contributed by atoms with Gasteiger partial charge in [0.2, 0.25) is 0 Å². The van der Waals surface area contributed by atoms with E-state index in [9.17, 15) is 0 Å². The molecule has 0 bridgehead atoms. The molecule has 0 N–H and O–H groups in total. The highest BCUT2D eigenvalue weighted by atomic mass is 15.2. The summed E-state index contributed by atoms with van der Waals surface area (Å²) >= 11 is 0. The predicted molar refractivity (Wildman–Crippen MR) is 118 cm³/mol. The zero-order valence-corrected chi connectivity index (χ0v) is 20.3. The maximum atomic E-state index is 2.61. The lowest BCUT2D eigenvalue weighted by molar-refractivity contribution is 0.148. The van der Waals surface area contributed by atoms with Crippen molar-refractivity contribution in [1.82, 2.24) is 9.80 Å². The molecule has 2 unspecified atom stereocenters. The summed E-state index contributed by atoms with van der Waals surface area (Å²) in [5.41, 5.74) is 1.69. The summed E-state index contributed by atoms with van der Waals surface area (Å²) in [7, 11) is 0. The monoisotopic (exact) mass is 366 g/mol. The standard InChI is InChI=1S/2C12H25N/c2*1-11(2,3)10-7-8-13(9-10)12(4,5)6/h2*10H,7-9H2,1-6H3. The zero-order valence-electron chi connectivity index (χ0n) is 20.3. The summed E-state index contributed by atoms with van der Waals surface area (Å²) in [4.78, 5) is 5.23.